The maximum absolute atomic E-state index is 12.9. The van der Waals surface area contributed by atoms with Crippen LogP contribution in [0.3, 0.4) is 0 Å². The zero-order chi connectivity index (χ0) is 20.3. The van der Waals surface area contributed by atoms with E-state index in [2.05, 4.69) is 4.98 Å². The average Bonchev–Trinajstić information content (AvgIpc) is 2.70. The number of ether oxygens (including phenoxy) is 1. The van der Waals surface area contributed by atoms with Crippen molar-refractivity contribution in [1.82, 2.24) is 4.98 Å². The Morgan fingerprint density at radius 2 is 1.96 bits per heavy atom. The van der Waals surface area contributed by atoms with Gasteiger partial charge in [0.25, 0.3) is 11.7 Å². The van der Waals surface area contributed by atoms with Crippen LogP contribution in [-0.4, -0.2) is 40.9 Å². The molecule has 1 unspecified atom stereocenters. The molecule has 1 aliphatic heterocycles. The fraction of sp³-hybridized carbons (Fsp3) is 0.316. The summed E-state index contributed by atoms with van der Waals surface area (Å²) in [5.41, 5.74) is 0.704. The maximum atomic E-state index is 12.9. The summed E-state index contributed by atoms with van der Waals surface area (Å²) in [5, 5.41) is 11.1. The first-order valence-corrected chi connectivity index (χ1v) is 8.95. The van der Waals surface area contributed by atoms with Crippen LogP contribution in [-0.2, 0) is 9.59 Å². The van der Waals surface area contributed by atoms with E-state index in [1.165, 1.54) is 17.0 Å². The number of fused-ring (bicyclic) bond motifs is 1. The molecule has 1 atom stereocenters. The second-order valence-corrected chi connectivity index (χ2v) is 6.16. The first-order chi connectivity index (χ1) is 13.5. The number of anilines is 2. The van der Waals surface area contributed by atoms with Crippen molar-refractivity contribution in [3.63, 3.8) is 0 Å². The topological polar surface area (TPSA) is 106 Å². The quantitative estimate of drug-likeness (QED) is 0.560. The van der Waals surface area contributed by atoms with Crippen molar-refractivity contribution in [2.24, 2.45) is 0 Å². The molecular weight excluding hydrogens is 364 g/mol. The fourth-order valence-electron chi connectivity index (χ4n) is 3.04. The molecule has 0 fully saturated rings. The molecule has 0 aliphatic carbocycles. The molecule has 1 aromatic heterocycles. The Hall–Kier alpha value is -3.49. The number of amides is 2. The molecule has 2 aromatic rings. The normalized spacial score (nSPS) is 15.6. The van der Waals surface area contributed by atoms with Crippen LogP contribution in [0, 0.1) is 10.1 Å². The fourth-order valence-corrected chi connectivity index (χ4v) is 3.04. The van der Waals surface area contributed by atoms with E-state index in [1.54, 1.807) is 24.0 Å². The van der Waals surface area contributed by atoms with Crippen molar-refractivity contribution in [2.45, 2.75) is 26.4 Å². The van der Waals surface area contributed by atoms with Crippen LogP contribution >= 0.6 is 0 Å². The van der Waals surface area contributed by atoms with E-state index in [1.807, 2.05) is 25.1 Å². The lowest BCUT2D eigenvalue weighted by molar-refractivity contribution is -0.389. The van der Waals surface area contributed by atoms with Crippen LogP contribution in [0.1, 0.15) is 20.3 Å². The molecule has 0 spiro atoms. The summed E-state index contributed by atoms with van der Waals surface area (Å²) in [4.78, 5) is 42.8. The third kappa shape index (κ3) is 3.64. The van der Waals surface area contributed by atoms with Gasteiger partial charge in [-0.25, -0.2) is 0 Å². The van der Waals surface area contributed by atoms with E-state index in [4.69, 9.17) is 4.74 Å². The number of hydrogen-bond donors (Lipinski definition) is 0. The summed E-state index contributed by atoms with van der Waals surface area (Å²) in [6.45, 7) is 3.74. The summed E-state index contributed by atoms with van der Waals surface area (Å²) < 4.78 is 5.61. The number of likely N-dealkylation sites (N-methyl/N-ethyl adjacent to an activating group) is 1. The Bertz CT molecular complexity index is 902. The molecule has 0 N–H and O–H groups in total. The minimum absolute atomic E-state index is 0.0126. The molecule has 146 valence electrons. The summed E-state index contributed by atoms with van der Waals surface area (Å²) in [6, 6.07) is 11.7. The Morgan fingerprint density at radius 1 is 1.25 bits per heavy atom. The van der Waals surface area contributed by atoms with Gasteiger partial charge in [-0.2, -0.15) is 0 Å². The number of pyridine rings is 1. The number of hydrogen-bond acceptors (Lipinski definition) is 6. The van der Waals surface area contributed by atoms with Crippen LogP contribution < -0.4 is 14.5 Å². The van der Waals surface area contributed by atoms with Gasteiger partial charge in [0.15, 0.2) is 11.9 Å². The number of para-hydroxylation sites is 1. The Balaban J connectivity index is 1.95. The molecule has 9 heteroatoms. The highest BCUT2D eigenvalue weighted by atomic mass is 16.6. The molecule has 0 radical (unpaired) electrons. The van der Waals surface area contributed by atoms with E-state index >= 15 is 0 Å². The van der Waals surface area contributed by atoms with Gasteiger partial charge in [0.05, 0.1) is 0 Å². The molecule has 1 aliphatic rings. The molecule has 9 nitrogen and oxygen atoms in total. The van der Waals surface area contributed by atoms with Crippen LogP contribution in [0.2, 0.25) is 0 Å². The molecule has 0 saturated carbocycles. The van der Waals surface area contributed by atoms with Crippen LogP contribution in [0.4, 0.5) is 17.3 Å². The zero-order valence-electron chi connectivity index (χ0n) is 15.6. The number of rotatable bonds is 6. The smallest absolute Gasteiger partial charge is 0.366 e. The van der Waals surface area contributed by atoms with Crippen molar-refractivity contribution in [3.8, 4) is 5.75 Å². The van der Waals surface area contributed by atoms with Gasteiger partial charge >= 0.3 is 5.82 Å². The Morgan fingerprint density at radius 3 is 2.57 bits per heavy atom. The second-order valence-electron chi connectivity index (χ2n) is 6.16. The SMILES string of the molecule is CCC1Oc2ccc([N+](=O)[O-])nc2N(CC(=O)N(CC)c2ccccc2)C1=O. The monoisotopic (exact) mass is 384 g/mol. The van der Waals surface area contributed by atoms with Gasteiger partial charge in [0.1, 0.15) is 6.54 Å². The Labute approximate surface area is 161 Å². The lowest BCUT2D eigenvalue weighted by atomic mass is 10.2. The van der Waals surface area contributed by atoms with E-state index < -0.39 is 22.8 Å². The van der Waals surface area contributed by atoms with Crippen LogP contribution in [0.5, 0.6) is 5.75 Å². The van der Waals surface area contributed by atoms with E-state index in [-0.39, 0.29) is 24.0 Å². The summed E-state index contributed by atoms with van der Waals surface area (Å²) in [6.07, 6.45) is -0.369. The maximum Gasteiger partial charge on any atom is 0.366 e. The third-order valence-electron chi connectivity index (χ3n) is 4.43. The Kier molecular flexibility index (Phi) is 5.53. The van der Waals surface area contributed by atoms with Crippen molar-refractivity contribution in [3.05, 3.63) is 52.6 Å². The summed E-state index contributed by atoms with van der Waals surface area (Å²) in [5.74, 6) is -0.953. The number of nitro groups is 1. The first-order valence-electron chi connectivity index (χ1n) is 8.95. The number of carbonyl (C=O) groups excluding carboxylic acids is 2. The molecule has 0 saturated heterocycles. The second kappa shape index (κ2) is 8.03. The highest BCUT2D eigenvalue weighted by molar-refractivity contribution is 6.06. The predicted molar refractivity (Wildman–Crippen MR) is 102 cm³/mol. The van der Waals surface area contributed by atoms with E-state index in [0.717, 1.165) is 0 Å². The molecule has 0 bridgehead atoms. The molecule has 2 heterocycles. The summed E-state index contributed by atoms with van der Waals surface area (Å²) >= 11 is 0. The van der Waals surface area contributed by atoms with Gasteiger partial charge < -0.3 is 19.8 Å². The van der Waals surface area contributed by atoms with Gasteiger partial charge in [0.2, 0.25) is 5.91 Å². The lowest BCUT2D eigenvalue weighted by Crippen LogP contribution is -2.50. The van der Waals surface area contributed by atoms with E-state index in [9.17, 15) is 19.7 Å². The van der Waals surface area contributed by atoms with Crippen molar-refractivity contribution < 1.29 is 19.2 Å². The number of benzene rings is 1. The van der Waals surface area contributed by atoms with Crippen molar-refractivity contribution >= 4 is 29.1 Å². The highest BCUT2D eigenvalue weighted by Gasteiger charge is 2.39. The molecule has 1 aromatic carbocycles. The van der Waals surface area contributed by atoms with E-state index in [0.29, 0.717) is 18.7 Å². The minimum Gasteiger partial charge on any atom is -0.474 e. The minimum atomic E-state index is -0.768. The molecular formula is C19H20N4O5. The number of aromatic nitrogens is 1. The molecule has 28 heavy (non-hydrogen) atoms. The number of nitrogens with zero attached hydrogens (tertiary/aromatic N) is 4. The van der Waals surface area contributed by atoms with Gasteiger partial charge in [-0.1, -0.05) is 25.1 Å². The van der Waals surface area contributed by atoms with Gasteiger partial charge in [-0.3, -0.25) is 14.5 Å². The van der Waals surface area contributed by atoms with Gasteiger partial charge in [-0.15, -0.1) is 0 Å². The van der Waals surface area contributed by atoms with Crippen molar-refractivity contribution in [2.75, 3.05) is 22.9 Å². The zero-order valence-corrected chi connectivity index (χ0v) is 15.6. The van der Waals surface area contributed by atoms with Crippen LogP contribution in [0.15, 0.2) is 42.5 Å². The van der Waals surface area contributed by atoms with Gasteiger partial charge in [0, 0.05) is 18.3 Å². The largest absolute Gasteiger partial charge is 0.474 e. The summed E-state index contributed by atoms with van der Waals surface area (Å²) in [7, 11) is 0. The molecule has 2 amide bonds. The standard InChI is InChI=1S/C19H20N4O5/c1-3-14-19(25)22(18-15(28-14)10-11-16(20-18)23(26)27)12-17(24)21(4-2)13-8-6-5-7-9-13/h5-11,14H,3-4,12H2,1-2H3. The highest BCUT2D eigenvalue weighted by Crippen LogP contribution is 2.34. The average molecular weight is 384 g/mol. The van der Waals surface area contributed by atoms with Crippen LogP contribution in [0.25, 0.3) is 0 Å². The molecule has 3 rings (SSSR count). The van der Waals surface area contributed by atoms with Gasteiger partial charge in [-0.05, 0) is 41.5 Å². The predicted octanol–water partition coefficient (Wildman–Crippen LogP) is 2.55. The lowest BCUT2D eigenvalue weighted by Gasteiger charge is -2.31. The number of carbonyl (C=O) groups is 2. The first kappa shape index (κ1) is 19.3. The van der Waals surface area contributed by atoms with Crippen molar-refractivity contribution in [1.29, 1.82) is 0 Å². The third-order valence-corrected chi connectivity index (χ3v) is 4.43.